The summed E-state index contributed by atoms with van der Waals surface area (Å²) in [6.45, 7) is 8.23. The van der Waals surface area contributed by atoms with Crippen molar-refractivity contribution in [1.82, 2.24) is 0 Å². The van der Waals surface area contributed by atoms with Crippen LogP contribution in [0.2, 0.25) is 0 Å². The van der Waals surface area contributed by atoms with Crippen LogP contribution in [0.3, 0.4) is 0 Å². The minimum Gasteiger partial charge on any atom is -0.0956 e. The van der Waals surface area contributed by atoms with Crippen LogP contribution in [0.15, 0.2) is 24.3 Å². The lowest BCUT2D eigenvalue weighted by Gasteiger charge is -2.22. The first-order valence-electron chi connectivity index (χ1n) is 4.64. The smallest absolute Gasteiger partial charge is 0.0165 e. The van der Waals surface area contributed by atoms with Crippen LogP contribution in [0.5, 0.6) is 0 Å². The predicted octanol–water partition coefficient (Wildman–Crippen LogP) is 3.31. The molecule has 3 fully saturated rings. The monoisotopic (exact) mass is 148 g/mol. The first-order chi connectivity index (χ1) is 5.27. The van der Waals surface area contributed by atoms with E-state index >= 15 is 0 Å². The molecule has 0 unspecified atom stereocenters. The average Bonchev–Trinajstić information content (AvgIpc) is 2.22. The summed E-state index contributed by atoms with van der Waals surface area (Å²) in [5, 5.41) is 0. The van der Waals surface area contributed by atoms with Crippen LogP contribution in [-0.2, 0) is 0 Å². The lowest BCUT2D eigenvalue weighted by molar-refractivity contribution is 0.328. The van der Waals surface area contributed by atoms with E-state index in [0.717, 1.165) is 11.8 Å². The fourth-order valence-corrected chi connectivity index (χ4v) is 2.48. The first kappa shape index (κ1) is 7.15. The highest BCUT2D eigenvalue weighted by atomic mass is 14.3. The van der Waals surface area contributed by atoms with E-state index in [1.165, 1.54) is 43.3 Å². The molecule has 0 spiro atoms. The SMILES string of the molecule is C=C1CC2CCC(CC2)C1=C. The molecule has 0 heteroatoms. The molecule has 3 aliphatic rings. The van der Waals surface area contributed by atoms with Gasteiger partial charge in [0, 0.05) is 0 Å². The van der Waals surface area contributed by atoms with Crippen LogP contribution in [0, 0.1) is 11.8 Å². The highest BCUT2D eigenvalue weighted by Crippen LogP contribution is 2.43. The predicted molar refractivity (Wildman–Crippen MR) is 48.3 cm³/mol. The van der Waals surface area contributed by atoms with Gasteiger partial charge in [-0.1, -0.05) is 18.7 Å². The van der Waals surface area contributed by atoms with Crippen molar-refractivity contribution in [2.45, 2.75) is 32.1 Å². The van der Waals surface area contributed by atoms with Crippen molar-refractivity contribution in [2.24, 2.45) is 11.8 Å². The topological polar surface area (TPSA) is 0 Å². The van der Waals surface area contributed by atoms with Gasteiger partial charge in [0.15, 0.2) is 0 Å². The van der Waals surface area contributed by atoms with Gasteiger partial charge < -0.3 is 0 Å². The molecule has 2 bridgehead atoms. The van der Waals surface area contributed by atoms with Gasteiger partial charge in [-0.2, -0.15) is 0 Å². The zero-order valence-electron chi connectivity index (χ0n) is 7.10. The molecular weight excluding hydrogens is 132 g/mol. The minimum atomic E-state index is 0.793. The van der Waals surface area contributed by atoms with Crippen LogP contribution in [0.4, 0.5) is 0 Å². The second kappa shape index (κ2) is 2.51. The molecule has 60 valence electrons. The molecule has 0 aliphatic heterocycles. The number of rotatable bonds is 0. The van der Waals surface area contributed by atoms with Crippen LogP contribution in [0.1, 0.15) is 32.1 Å². The zero-order valence-corrected chi connectivity index (χ0v) is 7.10. The second-order valence-electron chi connectivity index (χ2n) is 4.05. The Balaban J connectivity index is 2.25. The maximum Gasteiger partial charge on any atom is -0.0165 e. The van der Waals surface area contributed by atoms with E-state index in [4.69, 9.17) is 0 Å². The average molecular weight is 148 g/mol. The van der Waals surface area contributed by atoms with Gasteiger partial charge in [0.2, 0.25) is 0 Å². The summed E-state index contributed by atoms with van der Waals surface area (Å²) in [4.78, 5) is 0. The number of hydrogen-bond acceptors (Lipinski definition) is 0. The van der Waals surface area contributed by atoms with E-state index in [1.54, 1.807) is 0 Å². The number of allylic oxidation sites excluding steroid dienone is 2. The normalized spacial score (nSPS) is 37.5. The highest BCUT2D eigenvalue weighted by Gasteiger charge is 2.28. The lowest BCUT2D eigenvalue weighted by atomic mass is 9.83. The molecule has 3 aliphatic carbocycles. The van der Waals surface area contributed by atoms with Crippen molar-refractivity contribution in [3.05, 3.63) is 24.3 Å². The molecule has 0 radical (unpaired) electrons. The summed E-state index contributed by atoms with van der Waals surface area (Å²) in [5.74, 6) is 1.74. The Bertz CT molecular complexity index is 192. The summed E-state index contributed by atoms with van der Waals surface area (Å²) in [6.07, 6.45) is 6.83. The Kier molecular flexibility index (Phi) is 1.63. The Morgan fingerprint density at radius 2 is 1.64 bits per heavy atom. The standard InChI is InChI=1S/C11H16/c1-8-7-10-3-5-11(6-4-10)9(8)2/h10-11H,1-7H2. The summed E-state index contributed by atoms with van der Waals surface area (Å²) in [6, 6.07) is 0. The van der Waals surface area contributed by atoms with Gasteiger partial charge >= 0.3 is 0 Å². The van der Waals surface area contributed by atoms with Crippen molar-refractivity contribution >= 4 is 0 Å². The minimum absolute atomic E-state index is 0.793. The van der Waals surface area contributed by atoms with Gasteiger partial charge in [-0.05, 0) is 49.5 Å². The van der Waals surface area contributed by atoms with E-state index in [2.05, 4.69) is 13.2 Å². The molecular formula is C11H16. The lowest BCUT2D eigenvalue weighted by Crippen LogP contribution is -2.09. The van der Waals surface area contributed by atoms with E-state index in [0.29, 0.717) is 0 Å². The quantitative estimate of drug-likeness (QED) is 0.494. The van der Waals surface area contributed by atoms with Crippen molar-refractivity contribution in [3.8, 4) is 0 Å². The second-order valence-corrected chi connectivity index (χ2v) is 4.05. The van der Waals surface area contributed by atoms with Gasteiger partial charge in [0.25, 0.3) is 0 Å². The molecule has 3 saturated carbocycles. The third-order valence-corrected chi connectivity index (χ3v) is 3.33. The van der Waals surface area contributed by atoms with Gasteiger partial charge in [-0.25, -0.2) is 0 Å². The van der Waals surface area contributed by atoms with Crippen molar-refractivity contribution in [3.63, 3.8) is 0 Å². The van der Waals surface area contributed by atoms with Gasteiger partial charge in [0.1, 0.15) is 0 Å². The molecule has 0 N–H and O–H groups in total. The van der Waals surface area contributed by atoms with Crippen molar-refractivity contribution in [1.29, 1.82) is 0 Å². The third kappa shape index (κ3) is 1.15. The fraction of sp³-hybridized carbons (Fsp3) is 0.636. The Morgan fingerprint density at radius 3 is 2.27 bits per heavy atom. The maximum absolute atomic E-state index is 4.13. The summed E-state index contributed by atoms with van der Waals surface area (Å²) < 4.78 is 0. The number of hydrogen-bond donors (Lipinski definition) is 0. The van der Waals surface area contributed by atoms with Gasteiger partial charge in [0.05, 0.1) is 0 Å². The van der Waals surface area contributed by atoms with Crippen LogP contribution < -0.4 is 0 Å². The fourth-order valence-electron chi connectivity index (χ4n) is 2.48. The summed E-state index contributed by atoms with van der Waals surface area (Å²) >= 11 is 0. The molecule has 3 rings (SSSR count). The zero-order chi connectivity index (χ0) is 7.84. The first-order valence-corrected chi connectivity index (χ1v) is 4.64. The van der Waals surface area contributed by atoms with Crippen LogP contribution in [0.25, 0.3) is 0 Å². The van der Waals surface area contributed by atoms with Gasteiger partial charge in [-0.3, -0.25) is 0 Å². The molecule has 0 atom stereocenters. The molecule has 0 amide bonds. The Labute approximate surface area is 69.0 Å². The van der Waals surface area contributed by atoms with Gasteiger partial charge in [-0.15, -0.1) is 0 Å². The molecule has 0 nitrogen and oxygen atoms in total. The van der Waals surface area contributed by atoms with E-state index in [9.17, 15) is 0 Å². The van der Waals surface area contributed by atoms with Crippen LogP contribution >= 0.6 is 0 Å². The summed E-state index contributed by atoms with van der Waals surface area (Å²) in [5.41, 5.74) is 2.71. The Morgan fingerprint density at radius 1 is 1.00 bits per heavy atom. The summed E-state index contributed by atoms with van der Waals surface area (Å²) in [7, 11) is 0. The molecule has 0 heterocycles. The third-order valence-electron chi connectivity index (χ3n) is 3.33. The van der Waals surface area contributed by atoms with Crippen molar-refractivity contribution in [2.75, 3.05) is 0 Å². The van der Waals surface area contributed by atoms with Crippen molar-refractivity contribution < 1.29 is 0 Å². The van der Waals surface area contributed by atoms with E-state index in [1.807, 2.05) is 0 Å². The number of fused-ring (bicyclic) bond motifs is 4. The largest absolute Gasteiger partial charge is 0.0956 e. The highest BCUT2D eigenvalue weighted by molar-refractivity contribution is 5.30. The van der Waals surface area contributed by atoms with E-state index < -0.39 is 0 Å². The molecule has 0 saturated heterocycles. The van der Waals surface area contributed by atoms with Crippen LogP contribution in [-0.4, -0.2) is 0 Å². The van der Waals surface area contributed by atoms with E-state index in [-0.39, 0.29) is 0 Å². The molecule has 0 aromatic rings. The molecule has 11 heavy (non-hydrogen) atoms. The molecule has 0 aromatic carbocycles. The Hall–Kier alpha value is -0.520. The molecule has 0 aromatic heterocycles. The maximum atomic E-state index is 4.13.